The summed E-state index contributed by atoms with van der Waals surface area (Å²) in [7, 11) is 0. The molecule has 0 aromatic heterocycles. The number of fused-ring (bicyclic) bond motifs is 2. The third-order valence-corrected chi connectivity index (χ3v) is 5.99. The predicted octanol–water partition coefficient (Wildman–Crippen LogP) is 5.70. The summed E-state index contributed by atoms with van der Waals surface area (Å²) in [6, 6.07) is 21.8. The first-order valence-corrected chi connectivity index (χ1v) is 10.3. The van der Waals surface area contributed by atoms with Crippen LogP contribution in [0.25, 0.3) is 0 Å². The number of carbonyl (C=O) groups excluding carboxylic acids is 1. The van der Waals surface area contributed by atoms with Gasteiger partial charge in [0.15, 0.2) is 11.5 Å². The molecule has 5 rings (SSSR count). The van der Waals surface area contributed by atoms with Gasteiger partial charge in [-0.3, -0.25) is 9.69 Å². The molecule has 0 unspecified atom stereocenters. The maximum absolute atomic E-state index is 13.5. The number of para-hydroxylation sites is 1. The van der Waals surface area contributed by atoms with E-state index in [2.05, 4.69) is 31.3 Å². The molecule has 3 aromatic carbocycles. The number of nitrogens with zero attached hydrogens (tertiary/aromatic N) is 1. The Balaban J connectivity index is 1.59. The standard InChI is InChI=1S/C25H24N2O3/c1-3-16(2)17-8-11-19(12-9-17)27-24(18-10-13-22-23(14-18)30-15-29-22)26-21-7-5-4-6-20(21)25(27)28/h4-14,16,24,26H,3,15H2,1-2H3/t16-,24+/m0/s1. The molecule has 2 aliphatic rings. The van der Waals surface area contributed by atoms with Crippen LogP contribution in [0.3, 0.4) is 0 Å². The Morgan fingerprint density at radius 2 is 1.80 bits per heavy atom. The monoisotopic (exact) mass is 400 g/mol. The van der Waals surface area contributed by atoms with E-state index in [9.17, 15) is 4.79 Å². The van der Waals surface area contributed by atoms with Crippen LogP contribution < -0.4 is 19.7 Å². The third kappa shape index (κ3) is 3.07. The highest BCUT2D eigenvalue weighted by Gasteiger charge is 2.34. The lowest BCUT2D eigenvalue weighted by Gasteiger charge is -2.38. The first-order valence-electron chi connectivity index (χ1n) is 10.3. The smallest absolute Gasteiger partial charge is 0.262 e. The normalized spacial score (nSPS) is 18.0. The number of carbonyl (C=O) groups is 1. The Hall–Kier alpha value is -3.47. The average Bonchev–Trinajstić information content (AvgIpc) is 3.26. The van der Waals surface area contributed by atoms with Gasteiger partial charge in [0.2, 0.25) is 6.79 Å². The van der Waals surface area contributed by atoms with Gasteiger partial charge in [0.1, 0.15) is 6.17 Å². The Morgan fingerprint density at radius 3 is 2.60 bits per heavy atom. The predicted molar refractivity (Wildman–Crippen MR) is 117 cm³/mol. The number of nitrogens with one attached hydrogen (secondary N) is 1. The van der Waals surface area contributed by atoms with Gasteiger partial charge in [-0.2, -0.15) is 0 Å². The molecule has 5 heteroatoms. The van der Waals surface area contributed by atoms with Crippen LogP contribution in [0.4, 0.5) is 11.4 Å². The van der Waals surface area contributed by atoms with Crippen molar-refractivity contribution in [3.8, 4) is 11.5 Å². The van der Waals surface area contributed by atoms with Gasteiger partial charge in [0, 0.05) is 11.4 Å². The van der Waals surface area contributed by atoms with E-state index in [0.717, 1.165) is 29.1 Å². The lowest BCUT2D eigenvalue weighted by atomic mass is 9.97. The van der Waals surface area contributed by atoms with Crippen LogP contribution in [0.5, 0.6) is 11.5 Å². The van der Waals surface area contributed by atoms with Crippen LogP contribution in [0.2, 0.25) is 0 Å². The zero-order chi connectivity index (χ0) is 20.7. The van der Waals surface area contributed by atoms with Crippen molar-refractivity contribution in [1.29, 1.82) is 0 Å². The van der Waals surface area contributed by atoms with E-state index < -0.39 is 0 Å². The number of rotatable bonds is 4. The summed E-state index contributed by atoms with van der Waals surface area (Å²) in [5, 5.41) is 3.54. The lowest BCUT2D eigenvalue weighted by Crippen LogP contribution is -2.43. The Labute approximate surface area is 176 Å². The van der Waals surface area contributed by atoms with E-state index in [0.29, 0.717) is 17.2 Å². The Bertz CT molecular complexity index is 1090. The molecule has 0 bridgehead atoms. The number of ether oxygens (including phenoxy) is 2. The zero-order valence-electron chi connectivity index (χ0n) is 17.1. The third-order valence-electron chi connectivity index (χ3n) is 5.99. The number of hydrogen-bond donors (Lipinski definition) is 1. The molecule has 0 saturated carbocycles. The van der Waals surface area contributed by atoms with Crippen molar-refractivity contribution in [2.45, 2.75) is 32.4 Å². The van der Waals surface area contributed by atoms with E-state index in [4.69, 9.17) is 9.47 Å². The van der Waals surface area contributed by atoms with Gasteiger partial charge in [-0.1, -0.05) is 44.2 Å². The Kier molecular flexibility index (Phi) is 4.58. The molecule has 2 heterocycles. The maximum Gasteiger partial charge on any atom is 0.262 e. The number of hydrogen-bond acceptors (Lipinski definition) is 4. The topological polar surface area (TPSA) is 50.8 Å². The SMILES string of the molecule is CC[C@H](C)c1ccc(N2C(=O)c3ccccc3N[C@H]2c2ccc3c(c2)OCO3)cc1. The van der Waals surface area contributed by atoms with Crippen molar-refractivity contribution >= 4 is 17.3 Å². The van der Waals surface area contributed by atoms with E-state index in [-0.39, 0.29) is 18.9 Å². The molecule has 0 aliphatic carbocycles. The van der Waals surface area contributed by atoms with Gasteiger partial charge in [-0.05, 0) is 59.9 Å². The molecule has 152 valence electrons. The summed E-state index contributed by atoms with van der Waals surface area (Å²) < 4.78 is 11.0. The van der Waals surface area contributed by atoms with Crippen molar-refractivity contribution in [3.63, 3.8) is 0 Å². The quantitative estimate of drug-likeness (QED) is 0.610. The molecule has 0 saturated heterocycles. The summed E-state index contributed by atoms with van der Waals surface area (Å²) in [5.41, 5.74) is 4.57. The summed E-state index contributed by atoms with van der Waals surface area (Å²) in [4.78, 5) is 15.4. The van der Waals surface area contributed by atoms with Crippen LogP contribution in [0, 0.1) is 0 Å². The van der Waals surface area contributed by atoms with Gasteiger partial charge in [0.05, 0.1) is 5.56 Å². The minimum atomic E-state index is -0.351. The van der Waals surface area contributed by atoms with Gasteiger partial charge in [0.25, 0.3) is 5.91 Å². The fraction of sp³-hybridized carbons (Fsp3) is 0.240. The van der Waals surface area contributed by atoms with Crippen molar-refractivity contribution in [3.05, 3.63) is 83.4 Å². The van der Waals surface area contributed by atoms with Crippen molar-refractivity contribution in [2.24, 2.45) is 0 Å². The van der Waals surface area contributed by atoms with E-state index in [1.807, 2.05) is 59.5 Å². The molecule has 30 heavy (non-hydrogen) atoms. The van der Waals surface area contributed by atoms with Crippen LogP contribution in [-0.4, -0.2) is 12.7 Å². The highest BCUT2D eigenvalue weighted by Crippen LogP contribution is 2.40. The van der Waals surface area contributed by atoms with Gasteiger partial charge >= 0.3 is 0 Å². The van der Waals surface area contributed by atoms with Gasteiger partial charge in [-0.25, -0.2) is 0 Å². The second-order valence-electron chi connectivity index (χ2n) is 7.78. The van der Waals surface area contributed by atoms with Gasteiger partial charge in [-0.15, -0.1) is 0 Å². The molecule has 0 fully saturated rings. The van der Waals surface area contributed by atoms with Crippen molar-refractivity contribution in [1.82, 2.24) is 0 Å². The summed E-state index contributed by atoms with van der Waals surface area (Å²) >= 11 is 0. The maximum atomic E-state index is 13.5. The number of amides is 1. The fourth-order valence-electron chi connectivity index (χ4n) is 4.04. The minimum Gasteiger partial charge on any atom is -0.454 e. The average molecular weight is 400 g/mol. The first-order chi connectivity index (χ1) is 14.7. The molecular formula is C25H24N2O3. The zero-order valence-corrected chi connectivity index (χ0v) is 17.1. The molecule has 1 amide bonds. The van der Waals surface area contributed by atoms with Crippen molar-refractivity contribution < 1.29 is 14.3 Å². The first kappa shape index (κ1) is 18.6. The van der Waals surface area contributed by atoms with Crippen molar-refractivity contribution in [2.75, 3.05) is 17.0 Å². The Morgan fingerprint density at radius 1 is 1.03 bits per heavy atom. The van der Waals surface area contributed by atoms with E-state index >= 15 is 0 Å². The lowest BCUT2D eigenvalue weighted by molar-refractivity contribution is 0.0975. The molecule has 2 aliphatic heterocycles. The minimum absolute atomic E-state index is 0.0247. The molecule has 0 spiro atoms. The van der Waals surface area contributed by atoms with Crippen LogP contribution in [-0.2, 0) is 0 Å². The van der Waals surface area contributed by atoms with Gasteiger partial charge < -0.3 is 14.8 Å². The second kappa shape index (κ2) is 7.41. The molecule has 5 nitrogen and oxygen atoms in total. The summed E-state index contributed by atoms with van der Waals surface area (Å²) in [6.07, 6.45) is 0.729. The molecular weight excluding hydrogens is 376 g/mol. The number of benzene rings is 3. The summed E-state index contributed by atoms with van der Waals surface area (Å²) in [6.45, 7) is 4.62. The highest BCUT2D eigenvalue weighted by atomic mass is 16.7. The molecule has 1 N–H and O–H groups in total. The summed E-state index contributed by atoms with van der Waals surface area (Å²) in [5.74, 6) is 1.89. The van der Waals surface area contributed by atoms with Crippen LogP contribution in [0.15, 0.2) is 66.7 Å². The van der Waals surface area contributed by atoms with Crippen LogP contribution in [0.1, 0.15) is 53.8 Å². The van der Waals surface area contributed by atoms with Crippen LogP contribution >= 0.6 is 0 Å². The van der Waals surface area contributed by atoms with E-state index in [1.54, 1.807) is 0 Å². The largest absolute Gasteiger partial charge is 0.454 e. The van der Waals surface area contributed by atoms with E-state index in [1.165, 1.54) is 5.56 Å². The second-order valence-corrected chi connectivity index (χ2v) is 7.78. The molecule has 0 radical (unpaired) electrons. The molecule has 3 aromatic rings. The fourth-order valence-corrected chi connectivity index (χ4v) is 4.04. The number of anilines is 2. The molecule has 2 atom stereocenters. The highest BCUT2D eigenvalue weighted by molar-refractivity contribution is 6.12.